The van der Waals surface area contributed by atoms with Crippen LogP contribution >= 0.6 is 11.8 Å². The van der Waals surface area contributed by atoms with Crippen molar-refractivity contribution >= 4 is 29.6 Å². The molecule has 0 unspecified atom stereocenters. The molecule has 0 aliphatic carbocycles. The van der Waals surface area contributed by atoms with E-state index >= 15 is 0 Å². The van der Waals surface area contributed by atoms with E-state index in [9.17, 15) is 14.4 Å². The van der Waals surface area contributed by atoms with Crippen LogP contribution in [-0.2, 0) is 22.7 Å². The highest BCUT2D eigenvalue weighted by Crippen LogP contribution is 2.23. The summed E-state index contributed by atoms with van der Waals surface area (Å²) in [7, 11) is 0. The van der Waals surface area contributed by atoms with E-state index in [0.29, 0.717) is 30.5 Å². The van der Waals surface area contributed by atoms with Gasteiger partial charge in [0.1, 0.15) is 0 Å². The lowest BCUT2D eigenvalue weighted by atomic mass is 10.2. The van der Waals surface area contributed by atoms with Crippen LogP contribution in [-0.4, -0.2) is 49.3 Å². The molecule has 1 fully saturated rings. The number of aromatic nitrogens is 3. The Labute approximate surface area is 150 Å². The summed E-state index contributed by atoms with van der Waals surface area (Å²) in [4.78, 5) is 36.6. The van der Waals surface area contributed by atoms with Gasteiger partial charge in [-0.1, -0.05) is 18.2 Å². The van der Waals surface area contributed by atoms with Gasteiger partial charge in [0.2, 0.25) is 11.8 Å². The van der Waals surface area contributed by atoms with Gasteiger partial charge in [-0.3, -0.25) is 14.9 Å². The number of thioether (sulfide) groups is 1. The van der Waals surface area contributed by atoms with Crippen LogP contribution in [0.3, 0.4) is 0 Å². The van der Waals surface area contributed by atoms with E-state index in [0.717, 1.165) is 25.8 Å². The monoisotopic (exact) mass is 368 g/mol. The number of primary amides is 1. The number of nitrogens with one attached hydrogen (secondary N) is 1. The minimum absolute atomic E-state index is 0.145. The van der Waals surface area contributed by atoms with Crippen LogP contribution in [0.2, 0.25) is 0 Å². The van der Waals surface area contributed by atoms with Crippen LogP contribution in [0, 0.1) is 0 Å². The van der Waals surface area contributed by atoms with Crippen molar-refractivity contribution in [1.82, 2.24) is 25.0 Å². The molecular formula is C15H24N6O3S. The molecule has 138 valence electrons. The van der Waals surface area contributed by atoms with E-state index in [1.165, 1.54) is 11.8 Å². The first kappa shape index (κ1) is 19.2. The summed E-state index contributed by atoms with van der Waals surface area (Å²) in [5.41, 5.74) is 4.96. The zero-order valence-electron chi connectivity index (χ0n) is 14.5. The normalized spacial score (nSPS) is 16.4. The van der Waals surface area contributed by atoms with Gasteiger partial charge in [-0.25, -0.2) is 4.79 Å². The molecule has 0 bridgehead atoms. The Hall–Kier alpha value is -2.10. The standard InChI is InChI=1S/C15H24N6O3S/c1-3-21-11(9-20-8-6-4-5-7-12(20)22)18-19-15(21)25-10(2)13(23)17-14(16)24/h10H,3-9H2,1-2H3,(H3,16,17,23,24)/t10-/m0/s1. The maximum Gasteiger partial charge on any atom is 0.318 e. The SMILES string of the molecule is CCn1c(CN2CCCCCC2=O)nnc1S[C@@H](C)C(=O)NC(N)=O. The molecule has 2 heterocycles. The van der Waals surface area contributed by atoms with E-state index in [1.54, 1.807) is 6.92 Å². The summed E-state index contributed by atoms with van der Waals surface area (Å²) < 4.78 is 1.89. The van der Waals surface area contributed by atoms with Gasteiger partial charge < -0.3 is 15.2 Å². The number of carbonyl (C=O) groups excluding carboxylic acids is 3. The lowest BCUT2D eigenvalue weighted by molar-refractivity contribution is -0.131. The van der Waals surface area contributed by atoms with Gasteiger partial charge in [-0.05, 0) is 26.7 Å². The van der Waals surface area contributed by atoms with Gasteiger partial charge in [0.25, 0.3) is 0 Å². The van der Waals surface area contributed by atoms with Crippen molar-refractivity contribution in [2.45, 2.75) is 63.0 Å². The summed E-state index contributed by atoms with van der Waals surface area (Å²) in [6.07, 6.45) is 3.57. The molecule has 9 nitrogen and oxygen atoms in total. The molecule has 25 heavy (non-hydrogen) atoms. The Morgan fingerprint density at radius 1 is 1.32 bits per heavy atom. The topological polar surface area (TPSA) is 123 Å². The first-order chi connectivity index (χ1) is 11.9. The number of nitrogens with zero attached hydrogens (tertiary/aromatic N) is 4. The average Bonchev–Trinajstić information content (AvgIpc) is 2.81. The number of hydrogen-bond acceptors (Lipinski definition) is 6. The van der Waals surface area contributed by atoms with Crippen LogP contribution < -0.4 is 11.1 Å². The van der Waals surface area contributed by atoms with Crippen molar-refractivity contribution in [1.29, 1.82) is 0 Å². The maximum absolute atomic E-state index is 12.2. The molecule has 4 amide bonds. The lowest BCUT2D eigenvalue weighted by Crippen LogP contribution is -2.39. The third kappa shape index (κ3) is 5.18. The molecular weight excluding hydrogens is 344 g/mol. The predicted octanol–water partition coefficient (Wildman–Crippen LogP) is 0.876. The van der Waals surface area contributed by atoms with Crippen LogP contribution in [0.25, 0.3) is 0 Å². The zero-order chi connectivity index (χ0) is 18.4. The van der Waals surface area contributed by atoms with Crippen LogP contribution in [0.4, 0.5) is 4.79 Å². The summed E-state index contributed by atoms with van der Waals surface area (Å²) >= 11 is 1.20. The molecule has 10 heteroatoms. The quantitative estimate of drug-likeness (QED) is 0.718. The number of urea groups is 1. The zero-order valence-corrected chi connectivity index (χ0v) is 15.3. The minimum Gasteiger partial charge on any atom is -0.351 e. The second kappa shape index (κ2) is 8.84. The van der Waals surface area contributed by atoms with Gasteiger partial charge in [0.15, 0.2) is 11.0 Å². The van der Waals surface area contributed by atoms with Crippen LogP contribution in [0.5, 0.6) is 0 Å². The highest BCUT2D eigenvalue weighted by atomic mass is 32.2. The first-order valence-electron chi connectivity index (χ1n) is 8.39. The summed E-state index contributed by atoms with van der Waals surface area (Å²) in [6.45, 7) is 5.39. The third-order valence-electron chi connectivity index (χ3n) is 4.01. The van der Waals surface area contributed by atoms with Crippen molar-refractivity contribution < 1.29 is 14.4 Å². The fraction of sp³-hybridized carbons (Fsp3) is 0.667. The van der Waals surface area contributed by atoms with Crippen molar-refractivity contribution in [3.63, 3.8) is 0 Å². The minimum atomic E-state index is -0.880. The van der Waals surface area contributed by atoms with E-state index in [2.05, 4.69) is 15.5 Å². The van der Waals surface area contributed by atoms with Crippen molar-refractivity contribution in [2.24, 2.45) is 5.73 Å². The molecule has 0 aromatic carbocycles. The molecule has 0 radical (unpaired) electrons. The number of likely N-dealkylation sites (tertiary alicyclic amines) is 1. The Kier molecular flexibility index (Phi) is 6.80. The Morgan fingerprint density at radius 2 is 2.08 bits per heavy atom. The van der Waals surface area contributed by atoms with Crippen LogP contribution in [0.15, 0.2) is 5.16 Å². The molecule has 1 aliphatic heterocycles. The van der Waals surface area contributed by atoms with Gasteiger partial charge in [-0.2, -0.15) is 0 Å². The Balaban J connectivity index is 2.08. The van der Waals surface area contributed by atoms with E-state index in [4.69, 9.17) is 5.73 Å². The van der Waals surface area contributed by atoms with Crippen molar-refractivity contribution in [3.05, 3.63) is 5.82 Å². The Morgan fingerprint density at radius 3 is 2.76 bits per heavy atom. The molecule has 0 saturated carbocycles. The number of hydrogen-bond donors (Lipinski definition) is 2. The van der Waals surface area contributed by atoms with Gasteiger partial charge >= 0.3 is 6.03 Å². The summed E-state index contributed by atoms with van der Waals surface area (Å²) in [6, 6.07) is -0.880. The maximum atomic E-state index is 12.2. The smallest absolute Gasteiger partial charge is 0.318 e. The molecule has 1 saturated heterocycles. The Bertz CT molecular complexity index is 647. The molecule has 3 N–H and O–H groups in total. The molecule has 2 rings (SSSR count). The van der Waals surface area contributed by atoms with Gasteiger partial charge in [-0.15, -0.1) is 10.2 Å². The molecule has 1 aromatic heterocycles. The second-order valence-corrected chi connectivity index (χ2v) is 7.19. The lowest BCUT2D eigenvalue weighted by Gasteiger charge is -2.20. The fourth-order valence-corrected chi connectivity index (χ4v) is 3.58. The number of amides is 4. The predicted molar refractivity (Wildman–Crippen MR) is 92.6 cm³/mol. The van der Waals surface area contributed by atoms with Gasteiger partial charge in [0.05, 0.1) is 11.8 Å². The van der Waals surface area contributed by atoms with E-state index in [1.807, 2.05) is 16.4 Å². The number of nitrogens with two attached hydrogens (primary N) is 1. The van der Waals surface area contributed by atoms with E-state index in [-0.39, 0.29) is 5.91 Å². The largest absolute Gasteiger partial charge is 0.351 e. The number of imide groups is 1. The molecule has 0 spiro atoms. The fourth-order valence-electron chi connectivity index (χ4n) is 2.65. The van der Waals surface area contributed by atoms with Gasteiger partial charge in [0, 0.05) is 19.5 Å². The highest BCUT2D eigenvalue weighted by molar-refractivity contribution is 8.00. The molecule has 1 aliphatic rings. The second-order valence-electron chi connectivity index (χ2n) is 5.88. The van der Waals surface area contributed by atoms with Crippen LogP contribution in [0.1, 0.15) is 45.4 Å². The summed E-state index contributed by atoms with van der Waals surface area (Å²) in [5, 5.41) is 10.4. The first-order valence-corrected chi connectivity index (χ1v) is 9.27. The summed E-state index contributed by atoms with van der Waals surface area (Å²) in [5.74, 6) is 0.363. The third-order valence-corrected chi connectivity index (χ3v) is 5.09. The average molecular weight is 368 g/mol. The van der Waals surface area contributed by atoms with Crippen molar-refractivity contribution in [2.75, 3.05) is 6.54 Å². The number of rotatable bonds is 6. The number of carbonyl (C=O) groups is 3. The van der Waals surface area contributed by atoms with Crippen molar-refractivity contribution in [3.8, 4) is 0 Å². The van der Waals surface area contributed by atoms with E-state index < -0.39 is 17.2 Å². The molecule has 1 aromatic rings. The molecule has 1 atom stereocenters. The highest BCUT2D eigenvalue weighted by Gasteiger charge is 2.23.